The average molecular weight is 187 g/mol. The Kier molecular flexibility index (Phi) is 2.58. The highest BCUT2D eigenvalue weighted by Crippen LogP contribution is 2.27. The minimum Gasteiger partial charge on any atom is -0.306 e. The third-order valence-corrected chi connectivity index (χ3v) is 2.07. The molecule has 14 heavy (non-hydrogen) atoms. The molecule has 1 rings (SSSR count). The van der Waals surface area contributed by atoms with Crippen molar-refractivity contribution in [3.05, 3.63) is 46.6 Å². The van der Waals surface area contributed by atoms with Crippen molar-refractivity contribution >= 4 is 0 Å². The summed E-state index contributed by atoms with van der Waals surface area (Å²) in [5, 5.41) is 0. The van der Waals surface area contributed by atoms with Crippen LogP contribution in [0, 0.1) is 24.7 Å². The Morgan fingerprint density at radius 1 is 1.50 bits per heavy atom. The van der Waals surface area contributed by atoms with Gasteiger partial charge in [-0.2, -0.15) is 0 Å². The van der Waals surface area contributed by atoms with E-state index in [1.54, 1.807) is 26.0 Å². The zero-order valence-electron chi connectivity index (χ0n) is 8.13. The van der Waals surface area contributed by atoms with Gasteiger partial charge in [0.1, 0.15) is 5.82 Å². The molecule has 0 amide bonds. The van der Waals surface area contributed by atoms with E-state index in [4.69, 9.17) is 13.0 Å². The molecule has 0 bridgehead atoms. The molecule has 0 heterocycles. The number of hydrogen-bond donors (Lipinski definition) is 0. The number of nitrogens with zero attached hydrogens (tertiary/aromatic N) is 1. The molecular formula is C12H10FN. The fourth-order valence-corrected chi connectivity index (χ4v) is 1.16. The van der Waals surface area contributed by atoms with Crippen LogP contribution in [0.4, 0.5) is 4.39 Å². The summed E-state index contributed by atoms with van der Waals surface area (Å²) < 4.78 is 13.5. The lowest BCUT2D eigenvalue weighted by molar-refractivity contribution is 0.556. The fourth-order valence-electron chi connectivity index (χ4n) is 1.16. The van der Waals surface area contributed by atoms with E-state index >= 15 is 0 Å². The van der Waals surface area contributed by atoms with Gasteiger partial charge < -0.3 is 4.85 Å². The molecule has 1 nitrogen and oxygen atoms in total. The summed E-state index contributed by atoms with van der Waals surface area (Å²) in [5.41, 5.74) is 0.0375. The van der Waals surface area contributed by atoms with E-state index in [1.807, 2.05) is 0 Å². The quantitative estimate of drug-likeness (QED) is 0.470. The van der Waals surface area contributed by atoms with Crippen LogP contribution < -0.4 is 0 Å². The van der Waals surface area contributed by atoms with Gasteiger partial charge in [-0.05, 0) is 18.2 Å². The number of rotatable bonds is 1. The molecule has 0 fully saturated rings. The first-order chi connectivity index (χ1) is 6.51. The van der Waals surface area contributed by atoms with Gasteiger partial charge in [-0.25, -0.2) is 11.0 Å². The minimum atomic E-state index is -0.836. The lowest BCUT2D eigenvalue weighted by Crippen LogP contribution is -2.13. The van der Waals surface area contributed by atoms with Crippen LogP contribution in [0.2, 0.25) is 0 Å². The molecule has 0 spiro atoms. The third kappa shape index (κ3) is 1.75. The summed E-state index contributed by atoms with van der Waals surface area (Å²) in [6, 6.07) is 4.50. The van der Waals surface area contributed by atoms with E-state index in [0.717, 1.165) is 0 Å². The molecular weight excluding hydrogens is 177 g/mol. The van der Waals surface area contributed by atoms with Crippen molar-refractivity contribution in [2.24, 2.45) is 0 Å². The fraction of sp³-hybridized carbons (Fsp3) is 0.250. The molecule has 0 unspecified atom stereocenters. The molecule has 0 aliphatic carbocycles. The molecule has 0 radical (unpaired) electrons. The highest BCUT2D eigenvalue weighted by atomic mass is 19.1. The van der Waals surface area contributed by atoms with E-state index < -0.39 is 11.4 Å². The number of hydrogen-bond acceptors (Lipinski definition) is 0. The monoisotopic (exact) mass is 187 g/mol. The van der Waals surface area contributed by atoms with Crippen LogP contribution in [0.25, 0.3) is 4.85 Å². The largest absolute Gasteiger partial charge is 0.306 e. The second kappa shape index (κ2) is 3.52. The second-order valence-corrected chi connectivity index (χ2v) is 3.51. The molecule has 0 aliphatic rings. The van der Waals surface area contributed by atoms with E-state index in [9.17, 15) is 4.39 Å². The van der Waals surface area contributed by atoms with Gasteiger partial charge in [-0.15, -0.1) is 6.42 Å². The molecule has 1 aromatic carbocycles. The molecule has 2 heteroatoms. The van der Waals surface area contributed by atoms with Crippen molar-refractivity contribution in [3.8, 4) is 12.3 Å². The molecule has 0 saturated carbocycles. The topological polar surface area (TPSA) is 4.36 Å². The summed E-state index contributed by atoms with van der Waals surface area (Å²) >= 11 is 0. The smallest absolute Gasteiger partial charge is 0.254 e. The summed E-state index contributed by atoms with van der Waals surface area (Å²) in [5.74, 6) is 1.93. The standard InChI is InChI=1S/C12H10FN/c1-5-9-6-7-10(11(13)8-9)12(2,3)14-4/h1,6-8H,2-3H3. The third-order valence-electron chi connectivity index (χ3n) is 2.07. The Morgan fingerprint density at radius 2 is 2.14 bits per heavy atom. The van der Waals surface area contributed by atoms with Gasteiger partial charge in [0.25, 0.3) is 5.54 Å². The Morgan fingerprint density at radius 3 is 2.57 bits per heavy atom. The second-order valence-electron chi connectivity index (χ2n) is 3.51. The maximum Gasteiger partial charge on any atom is 0.254 e. The van der Waals surface area contributed by atoms with Gasteiger partial charge in [0.2, 0.25) is 0 Å². The average Bonchev–Trinajstić information content (AvgIpc) is 2.17. The number of benzene rings is 1. The van der Waals surface area contributed by atoms with Crippen molar-refractivity contribution in [2.75, 3.05) is 0 Å². The lowest BCUT2D eigenvalue weighted by atomic mass is 9.94. The first kappa shape index (κ1) is 10.3. The zero-order chi connectivity index (χ0) is 10.8. The molecule has 0 N–H and O–H groups in total. The van der Waals surface area contributed by atoms with Crippen LogP contribution in [0.3, 0.4) is 0 Å². The Bertz CT molecular complexity index is 433. The van der Waals surface area contributed by atoms with Crippen LogP contribution >= 0.6 is 0 Å². The van der Waals surface area contributed by atoms with Crippen molar-refractivity contribution in [1.82, 2.24) is 0 Å². The first-order valence-electron chi connectivity index (χ1n) is 4.16. The Balaban J connectivity index is 3.29. The van der Waals surface area contributed by atoms with Gasteiger partial charge in [0, 0.05) is 19.4 Å². The Hall–Kier alpha value is -1.80. The maximum absolute atomic E-state index is 13.5. The number of halogens is 1. The van der Waals surface area contributed by atoms with E-state index in [-0.39, 0.29) is 0 Å². The molecule has 0 saturated heterocycles. The van der Waals surface area contributed by atoms with E-state index in [0.29, 0.717) is 11.1 Å². The number of terminal acetylenes is 1. The summed E-state index contributed by atoms with van der Waals surface area (Å²) in [4.78, 5) is 3.37. The van der Waals surface area contributed by atoms with Crippen molar-refractivity contribution in [2.45, 2.75) is 19.4 Å². The SMILES string of the molecule is [C-]#[N+]C(C)(C)c1ccc(C#C)cc1F. The van der Waals surface area contributed by atoms with Gasteiger partial charge in [-0.1, -0.05) is 5.92 Å². The molecule has 0 atom stereocenters. The van der Waals surface area contributed by atoms with Gasteiger partial charge in [-0.3, -0.25) is 0 Å². The molecule has 1 aromatic rings. The zero-order valence-corrected chi connectivity index (χ0v) is 8.13. The van der Waals surface area contributed by atoms with Crippen LogP contribution in [-0.2, 0) is 5.54 Å². The highest BCUT2D eigenvalue weighted by molar-refractivity contribution is 5.38. The van der Waals surface area contributed by atoms with Crippen LogP contribution in [-0.4, -0.2) is 0 Å². The normalized spacial score (nSPS) is 10.4. The van der Waals surface area contributed by atoms with E-state index in [1.165, 1.54) is 6.07 Å². The summed E-state index contributed by atoms with van der Waals surface area (Å²) in [7, 11) is 0. The molecule has 0 aromatic heterocycles. The van der Waals surface area contributed by atoms with Gasteiger partial charge in [0.05, 0.1) is 5.56 Å². The first-order valence-corrected chi connectivity index (χ1v) is 4.16. The summed E-state index contributed by atoms with van der Waals surface area (Å²) in [6.45, 7) is 10.3. The molecule has 70 valence electrons. The van der Waals surface area contributed by atoms with Gasteiger partial charge >= 0.3 is 0 Å². The predicted molar refractivity (Wildman–Crippen MR) is 54.0 cm³/mol. The van der Waals surface area contributed by atoms with Crippen LogP contribution in [0.15, 0.2) is 18.2 Å². The van der Waals surface area contributed by atoms with E-state index in [2.05, 4.69) is 10.8 Å². The minimum absolute atomic E-state index is 0.381. The molecule has 0 aliphatic heterocycles. The van der Waals surface area contributed by atoms with Crippen molar-refractivity contribution in [1.29, 1.82) is 0 Å². The van der Waals surface area contributed by atoms with Crippen LogP contribution in [0.5, 0.6) is 0 Å². The Labute approximate surface area is 83.4 Å². The van der Waals surface area contributed by atoms with Crippen molar-refractivity contribution in [3.63, 3.8) is 0 Å². The maximum atomic E-state index is 13.5. The van der Waals surface area contributed by atoms with Gasteiger partial charge in [0.15, 0.2) is 0 Å². The van der Waals surface area contributed by atoms with Crippen LogP contribution in [0.1, 0.15) is 25.0 Å². The van der Waals surface area contributed by atoms with Crippen molar-refractivity contribution < 1.29 is 4.39 Å². The lowest BCUT2D eigenvalue weighted by Gasteiger charge is -2.12. The summed E-state index contributed by atoms with van der Waals surface area (Å²) in [6.07, 6.45) is 5.13. The predicted octanol–water partition coefficient (Wildman–Crippen LogP) is 2.96. The highest BCUT2D eigenvalue weighted by Gasteiger charge is 2.29.